The lowest BCUT2D eigenvalue weighted by molar-refractivity contribution is -0.123. The normalized spacial score (nSPS) is 12.6. The van der Waals surface area contributed by atoms with Gasteiger partial charge in [0.25, 0.3) is 5.91 Å². The lowest BCUT2D eigenvalue weighted by Gasteiger charge is -2.21. The van der Waals surface area contributed by atoms with Crippen LogP contribution in [0.4, 0.5) is 17.6 Å². The number of hydrogen-bond donors (Lipinski definition) is 1. The molecule has 0 aromatic carbocycles. The van der Waals surface area contributed by atoms with Gasteiger partial charge in [0.05, 0.1) is 19.3 Å². The molecule has 1 N–H and O–H groups in total. The molecule has 6 nitrogen and oxygen atoms in total. The van der Waals surface area contributed by atoms with Gasteiger partial charge in [-0.15, -0.1) is 0 Å². The highest BCUT2D eigenvalue weighted by molar-refractivity contribution is 7.90. The second-order valence-corrected chi connectivity index (χ2v) is 5.71. The number of carbonyl (C=O) groups excluding carboxylic acids is 1. The van der Waals surface area contributed by atoms with Gasteiger partial charge in [0.15, 0.2) is 0 Å². The van der Waals surface area contributed by atoms with Crippen molar-refractivity contribution in [2.45, 2.75) is 5.51 Å². The van der Waals surface area contributed by atoms with Gasteiger partial charge in [-0.3, -0.25) is 9.78 Å². The van der Waals surface area contributed by atoms with Crippen LogP contribution in [0.5, 0.6) is 0 Å². The second-order valence-electron chi connectivity index (χ2n) is 3.85. The second kappa shape index (κ2) is 6.83. The van der Waals surface area contributed by atoms with E-state index in [1.54, 1.807) is 0 Å². The van der Waals surface area contributed by atoms with Crippen LogP contribution in [-0.4, -0.2) is 47.4 Å². The summed E-state index contributed by atoms with van der Waals surface area (Å²) in [4.78, 5) is 15.1. The van der Waals surface area contributed by atoms with Crippen LogP contribution in [-0.2, 0) is 14.8 Å². The van der Waals surface area contributed by atoms with E-state index in [9.17, 15) is 30.8 Å². The number of alkyl halides is 3. The molecule has 0 unspecified atom stereocenters. The third-order valence-electron chi connectivity index (χ3n) is 2.28. The van der Waals surface area contributed by atoms with Crippen LogP contribution in [0.3, 0.4) is 0 Å². The first-order valence-electron chi connectivity index (χ1n) is 5.62. The molecule has 0 fully saturated rings. The predicted octanol–water partition coefficient (Wildman–Crippen LogP) is 0.904. The highest BCUT2D eigenvalue weighted by Gasteiger charge is 2.51. The average Bonchev–Trinajstić information content (AvgIpc) is 2.41. The predicted molar refractivity (Wildman–Crippen MR) is 67.0 cm³/mol. The van der Waals surface area contributed by atoms with Gasteiger partial charge in [0, 0.05) is 12.3 Å². The molecule has 0 spiro atoms. The zero-order valence-electron chi connectivity index (χ0n) is 10.8. The summed E-state index contributed by atoms with van der Waals surface area (Å²) in [6, 6.07) is 0.936. The quantitative estimate of drug-likeness (QED) is 0.635. The molecule has 1 heterocycles. The van der Waals surface area contributed by atoms with Crippen molar-refractivity contribution in [3.05, 3.63) is 35.9 Å². The zero-order valence-corrected chi connectivity index (χ0v) is 11.6. The van der Waals surface area contributed by atoms with E-state index in [0.29, 0.717) is 6.08 Å². The number of rotatable bonds is 5. The number of aromatic nitrogens is 1. The number of sulfonamides is 1. The first-order chi connectivity index (χ1) is 10.1. The fourth-order valence-electron chi connectivity index (χ4n) is 1.33. The molecule has 0 saturated carbocycles. The Morgan fingerprint density at radius 2 is 2.00 bits per heavy atom. The topological polar surface area (TPSA) is 87.6 Å². The van der Waals surface area contributed by atoms with Gasteiger partial charge >= 0.3 is 15.5 Å². The van der Waals surface area contributed by atoms with Gasteiger partial charge in [-0.2, -0.15) is 21.6 Å². The molecule has 0 atom stereocenters. The summed E-state index contributed by atoms with van der Waals surface area (Å²) < 4.78 is 72.1. The van der Waals surface area contributed by atoms with Gasteiger partial charge in [-0.25, -0.2) is 8.70 Å². The van der Waals surface area contributed by atoms with Crippen molar-refractivity contribution >= 4 is 22.0 Å². The Morgan fingerprint density at radius 3 is 2.50 bits per heavy atom. The minimum atomic E-state index is -5.93. The Labute approximate surface area is 122 Å². The number of carbonyl (C=O) groups is 1. The maximum atomic E-state index is 12.8. The van der Waals surface area contributed by atoms with E-state index in [1.807, 2.05) is 0 Å². The fourth-order valence-corrected chi connectivity index (χ4v) is 2.20. The van der Waals surface area contributed by atoms with Crippen LogP contribution >= 0.6 is 0 Å². The largest absolute Gasteiger partial charge is 0.516 e. The van der Waals surface area contributed by atoms with Gasteiger partial charge in [0.2, 0.25) is 0 Å². The summed E-state index contributed by atoms with van der Waals surface area (Å²) in [5.41, 5.74) is -5.65. The van der Waals surface area contributed by atoms with Crippen LogP contribution in [0.2, 0.25) is 0 Å². The number of pyridine rings is 1. The number of aliphatic hydroxyl groups is 1. The van der Waals surface area contributed by atoms with Crippen LogP contribution in [0.15, 0.2) is 24.5 Å². The summed E-state index contributed by atoms with van der Waals surface area (Å²) in [6.07, 6.45) is 3.39. The van der Waals surface area contributed by atoms with Crippen LogP contribution < -0.4 is 0 Å². The summed E-state index contributed by atoms with van der Waals surface area (Å²) in [6.45, 7) is -2.05. The minimum Gasteiger partial charge on any atom is -0.394 e. The molecule has 0 aliphatic rings. The minimum absolute atomic E-state index is 0.0432. The molecular weight excluding hydrogens is 332 g/mol. The van der Waals surface area contributed by atoms with E-state index >= 15 is 0 Å². The van der Waals surface area contributed by atoms with E-state index in [0.717, 1.165) is 24.5 Å². The molecule has 0 aliphatic carbocycles. The number of hydrogen-bond acceptors (Lipinski definition) is 5. The maximum Gasteiger partial charge on any atom is 0.516 e. The van der Waals surface area contributed by atoms with Crippen molar-refractivity contribution in [2.24, 2.45) is 0 Å². The van der Waals surface area contributed by atoms with Gasteiger partial charge in [-0.1, -0.05) is 0 Å². The third-order valence-corrected chi connectivity index (χ3v) is 3.80. The standard InChI is InChI=1S/C11H10F4N2O4S/c12-9-5-8(6-16-7-9)1-2-10(19)17(3-4-18)22(20,21)11(13,14)15/h1-2,5-7,18H,3-4H2. The third kappa shape index (κ3) is 4.24. The maximum absolute atomic E-state index is 12.8. The van der Waals surface area contributed by atoms with Crippen molar-refractivity contribution in [3.8, 4) is 0 Å². The monoisotopic (exact) mass is 342 g/mol. The van der Waals surface area contributed by atoms with Crippen molar-refractivity contribution in [1.29, 1.82) is 0 Å². The summed E-state index contributed by atoms with van der Waals surface area (Å²) in [7, 11) is -5.93. The number of aliphatic hydroxyl groups excluding tert-OH is 1. The molecule has 122 valence electrons. The molecule has 1 rings (SSSR count). The molecular formula is C11H10F4N2O4S. The van der Waals surface area contributed by atoms with Crippen molar-refractivity contribution in [1.82, 2.24) is 9.29 Å². The van der Waals surface area contributed by atoms with E-state index in [1.165, 1.54) is 0 Å². The molecule has 1 amide bonds. The van der Waals surface area contributed by atoms with Crippen molar-refractivity contribution < 1.29 is 35.9 Å². The van der Waals surface area contributed by atoms with Gasteiger partial charge < -0.3 is 5.11 Å². The Hall–Kier alpha value is -2.01. The molecule has 1 aromatic heterocycles. The molecule has 1 aromatic rings. The average molecular weight is 342 g/mol. The Kier molecular flexibility index (Phi) is 5.60. The van der Waals surface area contributed by atoms with Crippen LogP contribution in [0, 0.1) is 5.82 Å². The van der Waals surface area contributed by atoms with E-state index < -0.39 is 44.7 Å². The summed E-state index contributed by atoms with van der Waals surface area (Å²) in [5.74, 6) is -2.28. The Balaban J connectivity index is 3.05. The van der Waals surface area contributed by atoms with E-state index in [-0.39, 0.29) is 5.56 Å². The first kappa shape index (κ1) is 18.0. The summed E-state index contributed by atoms with van der Waals surface area (Å²) >= 11 is 0. The van der Waals surface area contributed by atoms with Gasteiger partial charge in [-0.05, 0) is 17.7 Å². The highest BCUT2D eigenvalue weighted by Crippen LogP contribution is 2.27. The summed E-state index contributed by atoms with van der Waals surface area (Å²) in [5, 5.41) is 8.63. The highest BCUT2D eigenvalue weighted by atomic mass is 32.2. The Bertz CT molecular complexity index is 673. The molecule has 0 saturated heterocycles. The number of halogens is 4. The molecule has 22 heavy (non-hydrogen) atoms. The molecule has 0 aliphatic heterocycles. The molecule has 0 bridgehead atoms. The fraction of sp³-hybridized carbons (Fsp3) is 0.273. The van der Waals surface area contributed by atoms with Crippen LogP contribution in [0.25, 0.3) is 6.08 Å². The SMILES string of the molecule is O=C(C=Cc1cncc(F)c1)N(CCO)S(=O)(=O)C(F)(F)F. The van der Waals surface area contributed by atoms with Gasteiger partial charge in [0.1, 0.15) is 5.82 Å². The smallest absolute Gasteiger partial charge is 0.394 e. The lowest BCUT2D eigenvalue weighted by atomic mass is 10.2. The van der Waals surface area contributed by atoms with Crippen molar-refractivity contribution in [3.63, 3.8) is 0 Å². The molecule has 0 radical (unpaired) electrons. The molecule has 11 heteroatoms. The van der Waals surface area contributed by atoms with Crippen LogP contribution in [0.1, 0.15) is 5.56 Å². The number of nitrogens with zero attached hydrogens (tertiary/aromatic N) is 2. The van der Waals surface area contributed by atoms with E-state index in [2.05, 4.69) is 4.98 Å². The number of amides is 1. The first-order valence-corrected chi connectivity index (χ1v) is 7.06. The lowest BCUT2D eigenvalue weighted by Crippen LogP contribution is -2.45. The zero-order chi connectivity index (χ0) is 17.0. The van der Waals surface area contributed by atoms with E-state index in [4.69, 9.17) is 5.11 Å². The van der Waals surface area contributed by atoms with Crippen molar-refractivity contribution in [2.75, 3.05) is 13.2 Å². The Morgan fingerprint density at radius 1 is 1.36 bits per heavy atom.